The van der Waals surface area contributed by atoms with Crippen LogP contribution in [0.2, 0.25) is 0 Å². The highest BCUT2D eigenvalue weighted by Crippen LogP contribution is 2.29. The van der Waals surface area contributed by atoms with Gasteiger partial charge < -0.3 is 10.2 Å². The van der Waals surface area contributed by atoms with Crippen LogP contribution in [-0.2, 0) is 0 Å². The second-order valence-electron chi connectivity index (χ2n) is 5.14. The van der Waals surface area contributed by atoms with E-state index in [9.17, 15) is 0 Å². The van der Waals surface area contributed by atoms with E-state index < -0.39 is 0 Å². The standard InChI is InChI=1S/C17H20N2/c1-19(15-8-3-2-4-9-15)16-10-5-7-14(13-16)17-11-6-12-18-17/h2-5,7-10,13,17-18H,6,11-12H2,1H3/t17-/m0/s1. The van der Waals surface area contributed by atoms with E-state index in [1.54, 1.807) is 0 Å². The first kappa shape index (κ1) is 12.2. The van der Waals surface area contributed by atoms with Crippen LogP contribution in [0.1, 0.15) is 24.4 Å². The van der Waals surface area contributed by atoms with Gasteiger partial charge in [0.25, 0.3) is 0 Å². The van der Waals surface area contributed by atoms with E-state index in [1.807, 2.05) is 0 Å². The maximum absolute atomic E-state index is 3.56. The highest BCUT2D eigenvalue weighted by atomic mass is 15.1. The predicted octanol–water partition coefficient (Wildman–Crippen LogP) is 3.88. The Balaban J connectivity index is 1.86. The number of nitrogens with one attached hydrogen (secondary N) is 1. The Bertz CT molecular complexity index is 530. The molecule has 1 atom stereocenters. The average molecular weight is 252 g/mol. The Morgan fingerprint density at radius 2 is 1.79 bits per heavy atom. The van der Waals surface area contributed by atoms with Crippen LogP contribution < -0.4 is 10.2 Å². The van der Waals surface area contributed by atoms with Crippen molar-refractivity contribution in [1.29, 1.82) is 0 Å². The summed E-state index contributed by atoms with van der Waals surface area (Å²) >= 11 is 0. The molecule has 0 unspecified atom stereocenters. The minimum atomic E-state index is 0.532. The Hall–Kier alpha value is -1.80. The van der Waals surface area contributed by atoms with Crippen LogP contribution in [0.4, 0.5) is 11.4 Å². The van der Waals surface area contributed by atoms with E-state index in [1.165, 1.54) is 29.8 Å². The topological polar surface area (TPSA) is 15.3 Å². The lowest BCUT2D eigenvalue weighted by Crippen LogP contribution is -2.14. The smallest absolute Gasteiger partial charge is 0.0411 e. The molecule has 0 radical (unpaired) electrons. The molecule has 2 heteroatoms. The van der Waals surface area contributed by atoms with Gasteiger partial charge in [-0.15, -0.1) is 0 Å². The Morgan fingerprint density at radius 1 is 1.00 bits per heavy atom. The summed E-state index contributed by atoms with van der Waals surface area (Å²) in [5.41, 5.74) is 3.87. The normalized spacial score (nSPS) is 18.5. The molecule has 1 aliphatic rings. The lowest BCUT2D eigenvalue weighted by Gasteiger charge is -2.21. The van der Waals surface area contributed by atoms with Crippen molar-refractivity contribution in [2.45, 2.75) is 18.9 Å². The molecule has 2 aromatic carbocycles. The molecule has 1 N–H and O–H groups in total. The Labute approximate surface area is 115 Å². The molecule has 0 bridgehead atoms. The molecule has 2 nitrogen and oxygen atoms in total. The van der Waals surface area contributed by atoms with Crippen molar-refractivity contribution in [3.05, 3.63) is 60.2 Å². The summed E-state index contributed by atoms with van der Waals surface area (Å²) in [5.74, 6) is 0. The maximum Gasteiger partial charge on any atom is 0.0411 e. The molecule has 0 aromatic heterocycles. The minimum Gasteiger partial charge on any atom is -0.345 e. The fourth-order valence-corrected chi connectivity index (χ4v) is 2.72. The summed E-state index contributed by atoms with van der Waals surface area (Å²) in [6.45, 7) is 1.14. The predicted molar refractivity (Wildman–Crippen MR) is 80.9 cm³/mol. The van der Waals surface area contributed by atoms with Crippen molar-refractivity contribution in [3.8, 4) is 0 Å². The molecule has 2 aromatic rings. The van der Waals surface area contributed by atoms with Gasteiger partial charge in [0.05, 0.1) is 0 Å². The summed E-state index contributed by atoms with van der Waals surface area (Å²) in [4.78, 5) is 2.23. The molecule has 1 fully saturated rings. The van der Waals surface area contributed by atoms with Crippen molar-refractivity contribution in [2.24, 2.45) is 0 Å². The van der Waals surface area contributed by atoms with E-state index in [4.69, 9.17) is 0 Å². The van der Waals surface area contributed by atoms with Crippen LogP contribution in [0.3, 0.4) is 0 Å². The number of anilines is 2. The van der Waals surface area contributed by atoms with E-state index in [2.05, 4.69) is 71.9 Å². The van der Waals surface area contributed by atoms with Gasteiger partial charge in [-0.25, -0.2) is 0 Å². The van der Waals surface area contributed by atoms with Gasteiger partial charge in [0.15, 0.2) is 0 Å². The van der Waals surface area contributed by atoms with Crippen LogP contribution in [0.5, 0.6) is 0 Å². The second-order valence-corrected chi connectivity index (χ2v) is 5.14. The molecule has 0 saturated carbocycles. The summed E-state index contributed by atoms with van der Waals surface area (Å²) in [5, 5.41) is 3.56. The summed E-state index contributed by atoms with van der Waals surface area (Å²) in [7, 11) is 2.12. The zero-order chi connectivity index (χ0) is 13.1. The third-order valence-electron chi connectivity index (χ3n) is 3.86. The third-order valence-corrected chi connectivity index (χ3v) is 3.86. The number of hydrogen-bond donors (Lipinski definition) is 1. The highest BCUT2D eigenvalue weighted by molar-refractivity contribution is 5.63. The molecule has 19 heavy (non-hydrogen) atoms. The lowest BCUT2D eigenvalue weighted by atomic mass is 10.0. The molecule has 98 valence electrons. The maximum atomic E-state index is 3.56. The first-order valence-electron chi connectivity index (χ1n) is 6.97. The molecule has 3 rings (SSSR count). The van der Waals surface area contributed by atoms with Crippen molar-refractivity contribution in [2.75, 3.05) is 18.5 Å². The van der Waals surface area contributed by atoms with Crippen LogP contribution in [-0.4, -0.2) is 13.6 Å². The van der Waals surface area contributed by atoms with Gasteiger partial charge in [-0.3, -0.25) is 0 Å². The van der Waals surface area contributed by atoms with Crippen molar-refractivity contribution in [1.82, 2.24) is 5.32 Å². The van der Waals surface area contributed by atoms with Gasteiger partial charge in [0.1, 0.15) is 0 Å². The molecule has 1 aliphatic heterocycles. The molecular formula is C17H20N2. The number of benzene rings is 2. The average Bonchev–Trinajstić information content (AvgIpc) is 3.02. The molecule has 0 aliphatic carbocycles. The van der Waals surface area contributed by atoms with E-state index in [0.29, 0.717) is 6.04 Å². The number of hydrogen-bond acceptors (Lipinski definition) is 2. The van der Waals surface area contributed by atoms with Gasteiger partial charge in [0.2, 0.25) is 0 Å². The zero-order valence-electron chi connectivity index (χ0n) is 11.3. The van der Waals surface area contributed by atoms with E-state index in [0.717, 1.165) is 6.54 Å². The minimum absolute atomic E-state index is 0.532. The first-order valence-corrected chi connectivity index (χ1v) is 6.97. The molecule has 1 saturated heterocycles. The summed E-state index contributed by atoms with van der Waals surface area (Å²) in [6.07, 6.45) is 2.53. The molecular weight excluding hydrogens is 232 g/mol. The molecule has 0 spiro atoms. The largest absolute Gasteiger partial charge is 0.345 e. The lowest BCUT2D eigenvalue weighted by molar-refractivity contribution is 0.648. The third kappa shape index (κ3) is 2.64. The van der Waals surface area contributed by atoms with Crippen LogP contribution in [0, 0.1) is 0 Å². The highest BCUT2D eigenvalue weighted by Gasteiger charge is 2.16. The Kier molecular flexibility index (Phi) is 3.51. The van der Waals surface area contributed by atoms with Crippen LogP contribution in [0.15, 0.2) is 54.6 Å². The van der Waals surface area contributed by atoms with Gasteiger partial charge in [0, 0.05) is 24.5 Å². The van der Waals surface area contributed by atoms with Crippen molar-refractivity contribution >= 4 is 11.4 Å². The SMILES string of the molecule is CN(c1ccccc1)c1cccc([C@@H]2CCCN2)c1. The van der Waals surface area contributed by atoms with E-state index >= 15 is 0 Å². The number of rotatable bonds is 3. The number of nitrogens with zero attached hydrogens (tertiary/aromatic N) is 1. The zero-order valence-corrected chi connectivity index (χ0v) is 11.3. The quantitative estimate of drug-likeness (QED) is 0.891. The fraction of sp³-hybridized carbons (Fsp3) is 0.294. The van der Waals surface area contributed by atoms with Crippen LogP contribution >= 0.6 is 0 Å². The van der Waals surface area contributed by atoms with Crippen molar-refractivity contribution < 1.29 is 0 Å². The van der Waals surface area contributed by atoms with Gasteiger partial charge in [-0.2, -0.15) is 0 Å². The molecule has 1 heterocycles. The first-order chi connectivity index (χ1) is 9.34. The van der Waals surface area contributed by atoms with Crippen LogP contribution in [0.25, 0.3) is 0 Å². The van der Waals surface area contributed by atoms with Crippen molar-refractivity contribution in [3.63, 3.8) is 0 Å². The van der Waals surface area contributed by atoms with E-state index in [-0.39, 0.29) is 0 Å². The van der Waals surface area contributed by atoms with Gasteiger partial charge in [-0.1, -0.05) is 30.3 Å². The number of para-hydroxylation sites is 1. The van der Waals surface area contributed by atoms with Gasteiger partial charge in [-0.05, 0) is 49.2 Å². The summed E-state index contributed by atoms with van der Waals surface area (Å²) in [6, 6.07) is 19.9. The molecule has 0 amide bonds. The Morgan fingerprint density at radius 3 is 2.53 bits per heavy atom. The monoisotopic (exact) mass is 252 g/mol. The second kappa shape index (κ2) is 5.45. The summed E-state index contributed by atoms with van der Waals surface area (Å²) < 4.78 is 0. The fourth-order valence-electron chi connectivity index (χ4n) is 2.72. The van der Waals surface area contributed by atoms with Gasteiger partial charge >= 0.3 is 0 Å².